The maximum atomic E-state index is 13.8. The van der Waals surface area contributed by atoms with Crippen LogP contribution in [0.3, 0.4) is 0 Å². The third-order valence-corrected chi connectivity index (χ3v) is 8.48. The molecule has 46 heavy (non-hydrogen) atoms. The monoisotopic (exact) mass is 627 g/mol. The second-order valence-electron chi connectivity index (χ2n) is 11.8. The molecule has 0 aliphatic heterocycles. The van der Waals surface area contributed by atoms with Crippen LogP contribution in [0.1, 0.15) is 50.2 Å². The van der Waals surface area contributed by atoms with Gasteiger partial charge in [-0.3, -0.25) is 14.4 Å². The predicted molar refractivity (Wildman–Crippen MR) is 177 cm³/mol. The van der Waals surface area contributed by atoms with Crippen LogP contribution in [0.15, 0.2) is 53.3 Å². The topological polar surface area (TPSA) is 133 Å². The van der Waals surface area contributed by atoms with Crippen LogP contribution in [0.5, 0.6) is 17.2 Å². The number of carbonyl (C=O) groups excluding carboxylic acids is 2. The molecule has 11 nitrogen and oxygen atoms in total. The number of aromatic nitrogens is 2. The summed E-state index contributed by atoms with van der Waals surface area (Å²) in [7, 11) is 6.58. The lowest BCUT2D eigenvalue weighted by Gasteiger charge is -2.22. The number of hydrogen-bond donors (Lipinski definition) is 3. The Morgan fingerprint density at radius 3 is 2.41 bits per heavy atom. The maximum absolute atomic E-state index is 13.8. The minimum absolute atomic E-state index is 0.146. The molecule has 4 aromatic rings. The van der Waals surface area contributed by atoms with Crippen molar-refractivity contribution in [1.82, 2.24) is 20.2 Å². The number of aryl methyl sites for hydroxylation is 2. The largest absolute Gasteiger partial charge is 0.493 e. The normalized spacial score (nSPS) is 14.5. The van der Waals surface area contributed by atoms with Crippen molar-refractivity contribution in [3.05, 3.63) is 75.7 Å². The number of rotatable bonds is 10. The molecule has 0 radical (unpaired) electrons. The Labute approximate surface area is 268 Å². The first-order valence-electron chi connectivity index (χ1n) is 15.3. The van der Waals surface area contributed by atoms with Crippen molar-refractivity contribution in [3.8, 4) is 28.4 Å². The van der Waals surface area contributed by atoms with Crippen LogP contribution in [-0.2, 0) is 29.6 Å². The SMILES string of the molecule is COc1cc2c(c(OC)c1OC)-c1ccc(N[C@@H](C(=O)NCc3nc4ccccc4n3C)C(C)C)c(=O)cc1[C@H](NC(C)=O)CC2. The molecular formula is C35H41N5O6. The van der Waals surface area contributed by atoms with Crippen LogP contribution in [0.4, 0.5) is 5.69 Å². The number of methoxy groups -OCH3 is 3. The van der Waals surface area contributed by atoms with Crippen molar-refractivity contribution in [2.24, 2.45) is 13.0 Å². The van der Waals surface area contributed by atoms with Gasteiger partial charge < -0.3 is 34.7 Å². The molecule has 1 heterocycles. The number of imidazole rings is 1. The summed E-state index contributed by atoms with van der Waals surface area (Å²) < 4.78 is 19.1. The van der Waals surface area contributed by atoms with Crippen LogP contribution < -0.4 is 35.6 Å². The third kappa shape index (κ3) is 6.22. The molecule has 0 saturated carbocycles. The number of nitrogens with one attached hydrogen (secondary N) is 3. The van der Waals surface area contributed by atoms with Crippen LogP contribution in [0.2, 0.25) is 0 Å². The van der Waals surface area contributed by atoms with E-state index in [1.54, 1.807) is 27.4 Å². The molecule has 11 heteroatoms. The van der Waals surface area contributed by atoms with Crippen LogP contribution in [0.25, 0.3) is 22.2 Å². The second-order valence-corrected chi connectivity index (χ2v) is 11.8. The fourth-order valence-corrected chi connectivity index (χ4v) is 6.16. The van der Waals surface area contributed by atoms with Gasteiger partial charge in [-0.15, -0.1) is 0 Å². The Morgan fingerprint density at radius 1 is 1.02 bits per heavy atom. The first-order chi connectivity index (χ1) is 22.1. The number of para-hydroxylation sites is 2. The van der Waals surface area contributed by atoms with Crippen LogP contribution in [-0.4, -0.2) is 48.7 Å². The van der Waals surface area contributed by atoms with Crippen molar-refractivity contribution in [2.75, 3.05) is 26.6 Å². The van der Waals surface area contributed by atoms with Crippen LogP contribution in [0, 0.1) is 5.92 Å². The highest BCUT2D eigenvalue weighted by Crippen LogP contribution is 2.50. The van der Waals surface area contributed by atoms with Crippen molar-refractivity contribution < 1.29 is 23.8 Å². The van der Waals surface area contributed by atoms with E-state index in [0.717, 1.165) is 28.0 Å². The van der Waals surface area contributed by atoms with Gasteiger partial charge in [0.2, 0.25) is 23.0 Å². The van der Waals surface area contributed by atoms with Crippen molar-refractivity contribution >= 4 is 28.5 Å². The van der Waals surface area contributed by atoms with Gasteiger partial charge in [0.05, 0.1) is 50.6 Å². The molecule has 3 N–H and O–H groups in total. The van der Waals surface area contributed by atoms with Gasteiger partial charge in [0, 0.05) is 19.5 Å². The Morgan fingerprint density at radius 2 is 1.76 bits per heavy atom. The zero-order chi connectivity index (χ0) is 33.1. The number of benzene rings is 2. The molecule has 5 rings (SSSR count). The highest BCUT2D eigenvalue weighted by molar-refractivity contribution is 5.86. The summed E-state index contributed by atoms with van der Waals surface area (Å²) in [4.78, 5) is 44.3. The lowest BCUT2D eigenvalue weighted by molar-refractivity contribution is -0.123. The lowest BCUT2D eigenvalue weighted by atomic mass is 9.95. The lowest BCUT2D eigenvalue weighted by Crippen LogP contribution is -2.43. The van der Waals surface area contributed by atoms with Gasteiger partial charge in [-0.2, -0.15) is 0 Å². The summed E-state index contributed by atoms with van der Waals surface area (Å²) in [5.41, 5.74) is 4.81. The molecule has 242 valence electrons. The maximum Gasteiger partial charge on any atom is 0.243 e. The first-order valence-corrected chi connectivity index (χ1v) is 15.3. The van der Waals surface area contributed by atoms with E-state index in [1.807, 2.05) is 61.9 Å². The molecular weight excluding hydrogens is 586 g/mol. The minimum atomic E-state index is -0.707. The number of amides is 2. The molecule has 0 spiro atoms. The zero-order valence-corrected chi connectivity index (χ0v) is 27.3. The second kappa shape index (κ2) is 13.5. The van der Waals surface area contributed by atoms with E-state index in [1.165, 1.54) is 13.0 Å². The third-order valence-electron chi connectivity index (χ3n) is 8.48. The quantitative estimate of drug-likeness (QED) is 0.234. The van der Waals surface area contributed by atoms with Crippen molar-refractivity contribution in [1.29, 1.82) is 0 Å². The average Bonchev–Trinajstić information content (AvgIpc) is 3.17. The summed E-state index contributed by atoms with van der Waals surface area (Å²) in [5.74, 6) is 1.53. The van der Waals surface area contributed by atoms with E-state index in [4.69, 9.17) is 14.2 Å². The molecule has 1 aliphatic rings. The minimum Gasteiger partial charge on any atom is -0.493 e. The summed E-state index contributed by atoms with van der Waals surface area (Å²) in [5, 5.41) is 9.23. The molecule has 1 aromatic heterocycles. The van der Waals surface area contributed by atoms with E-state index in [-0.39, 0.29) is 35.4 Å². The van der Waals surface area contributed by atoms with Gasteiger partial charge >= 0.3 is 0 Å². The van der Waals surface area contributed by atoms with E-state index in [9.17, 15) is 14.4 Å². The first kappa shape index (κ1) is 32.3. The number of anilines is 1. The van der Waals surface area contributed by atoms with Crippen molar-refractivity contribution in [2.45, 2.75) is 52.2 Å². The number of nitrogens with zero attached hydrogens (tertiary/aromatic N) is 2. The fourth-order valence-electron chi connectivity index (χ4n) is 6.16. The standard InChI is InChI=1S/C35H41N5O6/c1-19(2)32(35(43)36-18-30-38-25-10-8-9-11-27(25)40(30)4)39-26-15-13-22-23(17-28(26)42)24(37-20(3)41)14-12-21-16-29(44-5)33(45-6)34(46-7)31(21)22/h8-11,13,15-17,19,24,32H,12,14,18H2,1-7H3,(H,36,43)(H,37,41)(H,39,42)/t24-,32-/m1/s1. The van der Waals surface area contributed by atoms with Crippen LogP contribution >= 0.6 is 0 Å². The predicted octanol–water partition coefficient (Wildman–Crippen LogP) is 4.50. The van der Waals surface area contributed by atoms with E-state index in [0.29, 0.717) is 41.2 Å². The van der Waals surface area contributed by atoms with Gasteiger partial charge in [-0.25, -0.2) is 4.98 Å². The molecule has 3 aromatic carbocycles. The Hall–Kier alpha value is -5.06. The van der Waals surface area contributed by atoms with E-state index in [2.05, 4.69) is 20.9 Å². The average molecular weight is 628 g/mol. The van der Waals surface area contributed by atoms with E-state index >= 15 is 0 Å². The smallest absolute Gasteiger partial charge is 0.243 e. The number of fused-ring (bicyclic) bond motifs is 4. The number of carbonyl (C=O) groups is 2. The highest BCUT2D eigenvalue weighted by atomic mass is 16.5. The molecule has 0 saturated heterocycles. The molecule has 1 aliphatic carbocycles. The molecule has 2 atom stereocenters. The zero-order valence-electron chi connectivity index (χ0n) is 27.3. The molecule has 0 fully saturated rings. The summed E-state index contributed by atoms with van der Waals surface area (Å²) in [6.45, 7) is 5.53. The summed E-state index contributed by atoms with van der Waals surface area (Å²) >= 11 is 0. The van der Waals surface area contributed by atoms with Gasteiger partial charge in [0.15, 0.2) is 11.5 Å². The molecule has 0 bridgehead atoms. The highest BCUT2D eigenvalue weighted by Gasteiger charge is 2.30. The molecule has 2 amide bonds. The Balaban J connectivity index is 1.53. The van der Waals surface area contributed by atoms with E-state index < -0.39 is 12.1 Å². The number of ether oxygens (including phenoxy) is 3. The van der Waals surface area contributed by atoms with Gasteiger partial charge in [-0.05, 0) is 65.8 Å². The fraction of sp³-hybridized carbons (Fsp3) is 0.371. The van der Waals surface area contributed by atoms with Crippen molar-refractivity contribution in [3.63, 3.8) is 0 Å². The van der Waals surface area contributed by atoms with Gasteiger partial charge in [0.1, 0.15) is 11.9 Å². The summed E-state index contributed by atoms with van der Waals surface area (Å²) in [6.07, 6.45) is 1.14. The molecule has 0 unspecified atom stereocenters. The Bertz CT molecular complexity index is 1850. The summed E-state index contributed by atoms with van der Waals surface area (Å²) in [6, 6.07) is 13.6. The Kier molecular flexibility index (Phi) is 9.50. The van der Waals surface area contributed by atoms with Gasteiger partial charge in [0.25, 0.3) is 0 Å². The van der Waals surface area contributed by atoms with Gasteiger partial charge in [-0.1, -0.05) is 32.0 Å². The number of hydrogen-bond acceptors (Lipinski definition) is 8.